The van der Waals surface area contributed by atoms with E-state index in [1.807, 2.05) is 0 Å². The molecule has 0 saturated carbocycles. The first kappa shape index (κ1) is 17.4. The van der Waals surface area contributed by atoms with Gasteiger partial charge < -0.3 is 19.9 Å². The Labute approximate surface area is 128 Å². The van der Waals surface area contributed by atoms with Gasteiger partial charge in [0.1, 0.15) is 5.60 Å². The standard InChI is InChI=1S/C15H20N2O5/c1-15(2,3)22-14(20)17-9-12(18)21-11-7-5-10(6-8-11)13(19)16-4/h5-9,18H,1-4H3,(H,16,19)(H,17,20)/p-1. The maximum atomic E-state index is 11.5. The number of benzene rings is 1. The van der Waals surface area contributed by atoms with Crippen LogP contribution in [0.15, 0.2) is 36.4 Å². The molecular formula is C15H19N2O5-. The molecule has 0 spiro atoms. The van der Waals surface area contributed by atoms with Crippen molar-refractivity contribution in [3.05, 3.63) is 42.0 Å². The predicted molar refractivity (Wildman–Crippen MR) is 77.9 cm³/mol. The Kier molecular flexibility index (Phi) is 5.80. The number of rotatable bonds is 4. The summed E-state index contributed by atoms with van der Waals surface area (Å²) in [5.41, 5.74) is -0.213. The topological polar surface area (TPSA) is 99.7 Å². The lowest BCUT2D eigenvalue weighted by molar-refractivity contribution is -0.342. The summed E-state index contributed by atoms with van der Waals surface area (Å²) in [6.45, 7) is 5.12. The SMILES string of the molecule is CNC(=O)c1ccc(OC([O-])=CNC(=O)OC(C)(C)C)cc1. The molecule has 0 fully saturated rings. The van der Waals surface area contributed by atoms with E-state index in [1.165, 1.54) is 31.3 Å². The van der Waals surface area contributed by atoms with Gasteiger partial charge in [-0.3, -0.25) is 10.1 Å². The molecule has 2 N–H and O–H groups in total. The second-order valence-corrected chi connectivity index (χ2v) is 5.32. The van der Waals surface area contributed by atoms with Gasteiger partial charge in [0.25, 0.3) is 5.91 Å². The Morgan fingerprint density at radius 1 is 1.18 bits per heavy atom. The van der Waals surface area contributed by atoms with Crippen molar-refractivity contribution < 1.29 is 24.2 Å². The van der Waals surface area contributed by atoms with Crippen molar-refractivity contribution in [2.24, 2.45) is 0 Å². The van der Waals surface area contributed by atoms with Gasteiger partial charge >= 0.3 is 6.09 Å². The lowest BCUT2D eigenvalue weighted by Gasteiger charge is -2.20. The van der Waals surface area contributed by atoms with E-state index in [4.69, 9.17) is 9.47 Å². The first-order valence-electron chi connectivity index (χ1n) is 6.58. The van der Waals surface area contributed by atoms with Crippen LogP contribution in [-0.4, -0.2) is 24.6 Å². The molecule has 120 valence electrons. The van der Waals surface area contributed by atoms with E-state index in [1.54, 1.807) is 20.8 Å². The van der Waals surface area contributed by atoms with E-state index in [0.29, 0.717) is 5.56 Å². The first-order chi connectivity index (χ1) is 10.2. The smallest absolute Gasteiger partial charge is 0.411 e. The third kappa shape index (κ3) is 6.17. The molecule has 0 aliphatic carbocycles. The molecule has 1 rings (SSSR count). The molecule has 0 aromatic heterocycles. The molecule has 0 heterocycles. The second-order valence-electron chi connectivity index (χ2n) is 5.32. The number of nitrogens with one attached hydrogen (secondary N) is 2. The number of alkyl carbamates (subject to hydrolysis) is 1. The lowest BCUT2D eigenvalue weighted by Crippen LogP contribution is -2.31. The molecule has 0 aliphatic rings. The molecule has 0 bridgehead atoms. The van der Waals surface area contributed by atoms with E-state index < -0.39 is 17.6 Å². The van der Waals surface area contributed by atoms with Crippen LogP contribution in [0.3, 0.4) is 0 Å². The zero-order valence-electron chi connectivity index (χ0n) is 12.9. The zero-order chi connectivity index (χ0) is 16.8. The summed E-state index contributed by atoms with van der Waals surface area (Å²) in [5, 5.41) is 16.2. The minimum absolute atomic E-state index is 0.240. The Morgan fingerprint density at radius 3 is 2.27 bits per heavy atom. The van der Waals surface area contributed by atoms with Crippen LogP contribution in [0.25, 0.3) is 0 Å². The maximum Gasteiger partial charge on any atom is 0.411 e. The van der Waals surface area contributed by atoms with Gasteiger partial charge in [0, 0.05) is 24.6 Å². The molecule has 1 aromatic rings. The minimum Gasteiger partial charge on any atom is -0.578 e. The molecular weight excluding hydrogens is 288 g/mol. The molecule has 0 aliphatic heterocycles. The quantitative estimate of drug-likeness (QED) is 0.812. The first-order valence-corrected chi connectivity index (χ1v) is 6.58. The zero-order valence-corrected chi connectivity index (χ0v) is 12.9. The second kappa shape index (κ2) is 7.35. The number of hydrogen-bond acceptors (Lipinski definition) is 5. The van der Waals surface area contributed by atoms with Crippen molar-refractivity contribution in [3.8, 4) is 5.75 Å². The fourth-order valence-electron chi connectivity index (χ4n) is 1.39. The van der Waals surface area contributed by atoms with Crippen molar-refractivity contribution >= 4 is 12.0 Å². The van der Waals surface area contributed by atoms with Gasteiger partial charge in [-0.25, -0.2) is 4.79 Å². The Hall–Kier alpha value is -2.70. The third-order valence-corrected chi connectivity index (χ3v) is 2.27. The highest BCUT2D eigenvalue weighted by Crippen LogP contribution is 2.13. The van der Waals surface area contributed by atoms with Gasteiger partial charge in [-0.05, 0) is 45.0 Å². The Balaban J connectivity index is 2.57. The molecule has 7 nitrogen and oxygen atoms in total. The van der Waals surface area contributed by atoms with Gasteiger partial charge in [0.15, 0.2) is 0 Å². The van der Waals surface area contributed by atoms with E-state index in [2.05, 4.69) is 10.6 Å². The van der Waals surface area contributed by atoms with Crippen LogP contribution in [0.1, 0.15) is 31.1 Å². The number of amides is 2. The van der Waals surface area contributed by atoms with Crippen LogP contribution >= 0.6 is 0 Å². The average Bonchev–Trinajstić information content (AvgIpc) is 2.43. The fraction of sp³-hybridized carbons (Fsp3) is 0.333. The molecule has 1 aromatic carbocycles. The van der Waals surface area contributed by atoms with Gasteiger partial charge in [-0.15, -0.1) is 0 Å². The minimum atomic E-state index is -0.765. The number of carbonyl (C=O) groups is 2. The number of ether oxygens (including phenoxy) is 2. The number of hydrogen-bond donors (Lipinski definition) is 2. The van der Waals surface area contributed by atoms with E-state index in [-0.39, 0.29) is 11.7 Å². The molecule has 0 saturated heterocycles. The van der Waals surface area contributed by atoms with Crippen molar-refractivity contribution in [1.82, 2.24) is 10.6 Å². The van der Waals surface area contributed by atoms with Crippen LogP contribution in [0.4, 0.5) is 4.79 Å². The average molecular weight is 307 g/mol. The highest BCUT2D eigenvalue weighted by atomic mass is 16.6. The summed E-state index contributed by atoms with van der Waals surface area (Å²) in [5.74, 6) is -0.755. The summed E-state index contributed by atoms with van der Waals surface area (Å²) in [6.07, 6.45) is 0.111. The Morgan fingerprint density at radius 2 is 1.77 bits per heavy atom. The van der Waals surface area contributed by atoms with Crippen LogP contribution in [0.5, 0.6) is 5.75 Å². The molecule has 7 heteroatoms. The monoisotopic (exact) mass is 307 g/mol. The Bertz CT molecular complexity index is 558. The van der Waals surface area contributed by atoms with E-state index in [0.717, 1.165) is 6.20 Å². The van der Waals surface area contributed by atoms with Crippen LogP contribution in [0.2, 0.25) is 0 Å². The highest BCUT2D eigenvalue weighted by Gasteiger charge is 2.14. The van der Waals surface area contributed by atoms with Crippen molar-refractivity contribution in [1.29, 1.82) is 0 Å². The fourth-order valence-corrected chi connectivity index (χ4v) is 1.39. The molecule has 0 radical (unpaired) electrons. The normalized spacial score (nSPS) is 11.5. The van der Waals surface area contributed by atoms with E-state index >= 15 is 0 Å². The van der Waals surface area contributed by atoms with Crippen molar-refractivity contribution in [2.75, 3.05) is 7.05 Å². The lowest BCUT2D eigenvalue weighted by atomic mass is 10.2. The summed E-state index contributed by atoms with van der Waals surface area (Å²) in [4.78, 5) is 22.7. The molecule has 22 heavy (non-hydrogen) atoms. The summed E-state index contributed by atoms with van der Waals surface area (Å²) < 4.78 is 9.93. The summed E-state index contributed by atoms with van der Waals surface area (Å²) in [6, 6.07) is 5.99. The van der Waals surface area contributed by atoms with Gasteiger partial charge in [0.2, 0.25) is 0 Å². The van der Waals surface area contributed by atoms with Gasteiger partial charge in [-0.2, -0.15) is 0 Å². The van der Waals surface area contributed by atoms with Crippen LogP contribution in [-0.2, 0) is 4.74 Å². The van der Waals surface area contributed by atoms with Crippen molar-refractivity contribution in [2.45, 2.75) is 26.4 Å². The largest absolute Gasteiger partial charge is 0.578 e. The van der Waals surface area contributed by atoms with Crippen LogP contribution in [0, 0.1) is 0 Å². The van der Waals surface area contributed by atoms with E-state index in [9.17, 15) is 14.7 Å². The predicted octanol–water partition coefficient (Wildman–Crippen LogP) is 1.11. The highest BCUT2D eigenvalue weighted by molar-refractivity contribution is 5.94. The van der Waals surface area contributed by atoms with Gasteiger partial charge in [-0.1, -0.05) is 0 Å². The third-order valence-electron chi connectivity index (χ3n) is 2.27. The van der Waals surface area contributed by atoms with Crippen molar-refractivity contribution in [3.63, 3.8) is 0 Å². The molecule has 2 amide bonds. The maximum absolute atomic E-state index is 11.5. The summed E-state index contributed by atoms with van der Waals surface area (Å²) in [7, 11) is 1.52. The van der Waals surface area contributed by atoms with Crippen LogP contribution < -0.4 is 20.5 Å². The van der Waals surface area contributed by atoms with Gasteiger partial charge in [0.05, 0.1) is 5.95 Å². The summed E-state index contributed by atoms with van der Waals surface area (Å²) >= 11 is 0. The molecule has 0 atom stereocenters. The number of carbonyl (C=O) groups excluding carboxylic acids is 2. The molecule has 0 unspecified atom stereocenters.